The second kappa shape index (κ2) is 3.04. The first-order chi connectivity index (χ1) is 5.74. The minimum absolute atomic E-state index is 0.455. The zero-order valence-corrected chi connectivity index (χ0v) is 9.12. The summed E-state index contributed by atoms with van der Waals surface area (Å²) in [5.41, 5.74) is 0.455. The second-order valence-electron chi connectivity index (χ2n) is 3.87. The summed E-state index contributed by atoms with van der Waals surface area (Å²) in [5.74, 6) is 0. The first-order valence-electron chi connectivity index (χ1n) is 4.30. The number of hydrogen-bond donors (Lipinski definition) is 0. The number of nitrogens with zero attached hydrogens (tertiary/aromatic N) is 3. The van der Waals surface area contributed by atoms with Gasteiger partial charge < -0.3 is 4.90 Å². The molecule has 0 aliphatic carbocycles. The van der Waals surface area contributed by atoms with E-state index in [2.05, 4.69) is 32.2 Å². The standard InChI is InChI=1S/C8H12IN3/c9-12-4-2-8(6-12)1-3-11(5-8)7-10/h1-6H2. The third-order valence-corrected chi connectivity index (χ3v) is 3.80. The lowest BCUT2D eigenvalue weighted by Gasteiger charge is -2.20. The van der Waals surface area contributed by atoms with Crippen LogP contribution in [0.2, 0.25) is 0 Å². The van der Waals surface area contributed by atoms with Crippen molar-refractivity contribution in [1.82, 2.24) is 8.01 Å². The van der Waals surface area contributed by atoms with Gasteiger partial charge in [-0.3, -0.25) is 0 Å². The molecule has 2 rings (SSSR count). The zero-order valence-electron chi connectivity index (χ0n) is 6.96. The molecular weight excluding hydrogens is 265 g/mol. The smallest absolute Gasteiger partial charge is 0.179 e. The van der Waals surface area contributed by atoms with Gasteiger partial charge in [0.25, 0.3) is 0 Å². The van der Waals surface area contributed by atoms with Crippen molar-refractivity contribution in [2.24, 2.45) is 5.41 Å². The number of likely N-dealkylation sites (tertiary alicyclic amines) is 1. The largest absolute Gasteiger partial charge is 0.310 e. The molecule has 2 aliphatic rings. The zero-order chi connectivity index (χ0) is 8.60. The van der Waals surface area contributed by atoms with Gasteiger partial charge in [-0.05, 0) is 12.8 Å². The molecular formula is C8H12IN3. The van der Waals surface area contributed by atoms with Crippen LogP contribution in [0.15, 0.2) is 0 Å². The summed E-state index contributed by atoms with van der Waals surface area (Å²) in [6, 6.07) is 0. The van der Waals surface area contributed by atoms with Gasteiger partial charge in [0.05, 0.1) is 0 Å². The van der Waals surface area contributed by atoms with Crippen LogP contribution in [0, 0.1) is 16.9 Å². The van der Waals surface area contributed by atoms with Crippen molar-refractivity contribution in [3.05, 3.63) is 0 Å². The van der Waals surface area contributed by atoms with Crippen molar-refractivity contribution in [3.8, 4) is 6.19 Å². The summed E-state index contributed by atoms with van der Waals surface area (Å²) < 4.78 is 2.35. The molecule has 0 aromatic carbocycles. The van der Waals surface area contributed by atoms with E-state index in [1.54, 1.807) is 0 Å². The van der Waals surface area contributed by atoms with E-state index >= 15 is 0 Å². The maximum absolute atomic E-state index is 8.74. The van der Waals surface area contributed by atoms with E-state index < -0.39 is 0 Å². The highest BCUT2D eigenvalue weighted by Gasteiger charge is 2.42. The number of hydrogen-bond acceptors (Lipinski definition) is 3. The van der Waals surface area contributed by atoms with E-state index in [1.807, 2.05) is 4.90 Å². The molecule has 4 heteroatoms. The molecule has 1 spiro atoms. The Hall–Kier alpha value is -0.0200. The normalized spacial score (nSPS) is 36.2. The second-order valence-corrected chi connectivity index (χ2v) is 5.23. The average molecular weight is 277 g/mol. The molecule has 0 saturated carbocycles. The minimum atomic E-state index is 0.455. The van der Waals surface area contributed by atoms with Gasteiger partial charge in [-0.15, -0.1) is 0 Å². The topological polar surface area (TPSA) is 30.3 Å². The Balaban J connectivity index is 2.02. The Morgan fingerprint density at radius 2 is 2.00 bits per heavy atom. The summed E-state index contributed by atoms with van der Waals surface area (Å²) in [4.78, 5) is 1.90. The average Bonchev–Trinajstić information content (AvgIpc) is 2.61. The summed E-state index contributed by atoms with van der Waals surface area (Å²) in [5, 5.41) is 8.74. The van der Waals surface area contributed by atoms with Gasteiger partial charge >= 0.3 is 0 Å². The van der Waals surface area contributed by atoms with Gasteiger partial charge in [0.2, 0.25) is 0 Å². The molecule has 66 valence electrons. The molecule has 0 aromatic rings. The maximum atomic E-state index is 8.74. The molecule has 2 saturated heterocycles. The summed E-state index contributed by atoms with van der Waals surface area (Å²) >= 11 is 2.38. The van der Waals surface area contributed by atoms with Crippen molar-refractivity contribution in [2.45, 2.75) is 12.8 Å². The predicted molar refractivity (Wildman–Crippen MR) is 54.4 cm³/mol. The monoisotopic (exact) mass is 277 g/mol. The third kappa shape index (κ3) is 1.40. The van der Waals surface area contributed by atoms with Crippen LogP contribution in [0.4, 0.5) is 0 Å². The van der Waals surface area contributed by atoms with Crippen LogP contribution in [0.25, 0.3) is 0 Å². The first kappa shape index (κ1) is 8.57. The van der Waals surface area contributed by atoms with Gasteiger partial charge in [-0.2, -0.15) is 5.26 Å². The quantitative estimate of drug-likeness (QED) is 0.379. The fourth-order valence-electron chi connectivity index (χ4n) is 2.23. The Bertz CT molecular complexity index is 225. The Morgan fingerprint density at radius 3 is 2.50 bits per heavy atom. The van der Waals surface area contributed by atoms with E-state index in [-0.39, 0.29) is 0 Å². The highest BCUT2D eigenvalue weighted by atomic mass is 127. The van der Waals surface area contributed by atoms with Gasteiger partial charge in [-0.25, -0.2) is 3.11 Å². The van der Waals surface area contributed by atoms with Crippen LogP contribution >= 0.6 is 22.9 Å². The van der Waals surface area contributed by atoms with Crippen LogP contribution in [0.1, 0.15) is 12.8 Å². The SMILES string of the molecule is N#CN1CCC2(CCN(I)C2)C1. The molecule has 1 unspecified atom stereocenters. The van der Waals surface area contributed by atoms with Crippen LogP contribution in [-0.4, -0.2) is 34.2 Å². The van der Waals surface area contributed by atoms with Crippen molar-refractivity contribution in [1.29, 1.82) is 5.26 Å². The van der Waals surface area contributed by atoms with Crippen molar-refractivity contribution < 1.29 is 0 Å². The van der Waals surface area contributed by atoms with Gasteiger partial charge in [0.1, 0.15) is 0 Å². The maximum Gasteiger partial charge on any atom is 0.179 e. The fourth-order valence-corrected chi connectivity index (χ4v) is 3.20. The van der Waals surface area contributed by atoms with E-state index in [9.17, 15) is 0 Å². The fraction of sp³-hybridized carbons (Fsp3) is 0.875. The van der Waals surface area contributed by atoms with Gasteiger partial charge in [0.15, 0.2) is 6.19 Å². The molecule has 0 aromatic heterocycles. The van der Waals surface area contributed by atoms with E-state index in [1.165, 1.54) is 25.9 Å². The van der Waals surface area contributed by atoms with Gasteiger partial charge in [0, 0.05) is 54.5 Å². The molecule has 0 bridgehead atoms. The number of nitriles is 1. The molecule has 0 N–H and O–H groups in total. The minimum Gasteiger partial charge on any atom is -0.310 e. The van der Waals surface area contributed by atoms with E-state index in [0.29, 0.717) is 5.41 Å². The van der Waals surface area contributed by atoms with Crippen molar-refractivity contribution in [2.75, 3.05) is 26.2 Å². The molecule has 2 heterocycles. The van der Waals surface area contributed by atoms with Crippen LogP contribution in [0.3, 0.4) is 0 Å². The highest BCUT2D eigenvalue weighted by molar-refractivity contribution is 14.1. The Morgan fingerprint density at radius 1 is 1.25 bits per heavy atom. The Kier molecular flexibility index (Phi) is 2.17. The molecule has 3 nitrogen and oxygen atoms in total. The Labute approximate surface area is 86.8 Å². The molecule has 2 aliphatic heterocycles. The summed E-state index contributed by atoms with van der Waals surface area (Å²) in [6.07, 6.45) is 4.72. The third-order valence-electron chi connectivity index (χ3n) is 2.97. The molecule has 12 heavy (non-hydrogen) atoms. The van der Waals surface area contributed by atoms with Crippen LogP contribution < -0.4 is 0 Å². The lowest BCUT2D eigenvalue weighted by molar-refractivity contribution is 0.319. The predicted octanol–water partition coefficient (Wildman–Crippen LogP) is 1.22. The van der Waals surface area contributed by atoms with E-state index in [0.717, 1.165) is 13.1 Å². The number of halogens is 1. The lowest BCUT2D eigenvalue weighted by atomic mass is 9.87. The molecule has 0 amide bonds. The number of rotatable bonds is 0. The van der Waals surface area contributed by atoms with E-state index in [4.69, 9.17) is 5.26 Å². The van der Waals surface area contributed by atoms with Crippen LogP contribution in [-0.2, 0) is 0 Å². The molecule has 2 fully saturated rings. The molecule has 1 atom stereocenters. The van der Waals surface area contributed by atoms with Crippen LogP contribution in [0.5, 0.6) is 0 Å². The highest BCUT2D eigenvalue weighted by Crippen LogP contribution is 2.40. The summed E-state index contributed by atoms with van der Waals surface area (Å²) in [7, 11) is 0. The van der Waals surface area contributed by atoms with Crippen molar-refractivity contribution >= 4 is 22.9 Å². The van der Waals surface area contributed by atoms with Crippen molar-refractivity contribution in [3.63, 3.8) is 0 Å². The van der Waals surface area contributed by atoms with Gasteiger partial charge in [-0.1, -0.05) is 0 Å². The lowest BCUT2D eigenvalue weighted by Crippen LogP contribution is -2.26. The summed E-state index contributed by atoms with van der Waals surface area (Å²) in [6.45, 7) is 4.33. The first-order valence-corrected chi connectivity index (χ1v) is 5.26. The molecule has 0 radical (unpaired) electrons.